The van der Waals surface area contributed by atoms with E-state index in [4.69, 9.17) is 5.11 Å². The maximum atomic E-state index is 11.3. The molecule has 0 bridgehead atoms. The van der Waals surface area contributed by atoms with E-state index in [-0.39, 0.29) is 17.5 Å². The molecule has 0 spiro atoms. The van der Waals surface area contributed by atoms with Crippen molar-refractivity contribution in [3.05, 3.63) is 29.6 Å². The monoisotopic (exact) mass is 273 g/mol. The van der Waals surface area contributed by atoms with Gasteiger partial charge in [-0.3, -0.25) is 4.79 Å². The van der Waals surface area contributed by atoms with Crippen LogP contribution in [0.1, 0.15) is 29.0 Å². The highest BCUT2D eigenvalue weighted by atomic mass is 16.4. The number of nitrogens with zero attached hydrogens (tertiary/aromatic N) is 2. The highest BCUT2D eigenvalue weighted by Crippen LogP contribution is 2.20. The number of hydrogen-bond acceptors (Lipinski definition) is 3. The summed E-state index contributed by atoms with van der Waals surface area (Å²) in [6.07, 6.45) is 1.35. The molecule has 1 saturated heterocycles. The molecule has 6 nitrogen and oxygen atoms in total. The van der Waals surface area contributed by atoms with Crippen LogP contribution in [0.2, 0.25) is 0 Å². The average Bonchev–Trinajstić information content (AvgIpc) is 2.94. The molecule has 1 unspecified atom stereocenters. The second-order valence-electron chi connectivity index (χ2n) is 5.08. The van der Waals surface area contributed by atoms with Crippen LogP contribution in [-0.2, 0) is 11.3 Å². The molecule has 1 aromatic heterocycles. The van der Waals surface area contributed by atoms with Gasteiger partial charge in [-0.25, -0.2) is 9.78 Å². The van der Waals surface area contributed by atoms with E-state index in [1.54, 1.807) is 18.2 Å². The van der Waals surface area contributed by atoms with Gasteiger partial charge in [0, 0.05) is 19.0 Å². The van der Waals surface area contributed by atoms with Crippen LogP contribution in [0.4, 0.5) is 0 Å². The summed E-state index contributed by atoms with van der Waals surface area (Å²) in [5.74, 6) is -0.0570. The summed E-state index contributed by atoms with van der Waals surface area (Å²) < 4.78 is 1.97. The van der Waals surface area contributed by atoms with Gasteiger partial charge >= 0.3 is 5.97 Å². The molecule has 1 amide bonds. The second kappa shape index (κ2) is 4.63. The zero-order valence-electron chi connectivity index (χ0n) is 11.1. The topological polar surface area (TPSA) is 84.2 Å². The molecule has 1 fully saturated rings. The first kappa shape index (κ1) is 12.7. The van der Waals surface area contributed by atoms with E-state index in [0.717, 1.165) is 23.3 Å². The average molecular weight is 273 g/mol. The van der Waals surface area contributed by atoms with Crippen LogP contribution < -0.4 is 5.32 Å². The van der Waals surface area contributed by atoms with Crippen molar-refractivity contribution in [2.24, 2.45) is 0 Å². The minimum absolute atomic E-state index is 0.0725. The molecule has 0 radical (unpaired) electrons. The Bertz CT molecular complexity index is 705. The molecule has 104 valence electrons. The number of aryl methyl sites for hydroxylation is 1. The van der Waals surface area contributed by atoms with Crippen molar-refractivity contribution in [3.63, 3.8) is 0 Å². The van der Waals surface area contributed by atoms with Gasteiger partial charge in [-0.05, 0) is 31.5 Å². The molecule has 2 heterocycles. The Morgan fingerprint density at radius 1 is 1.55 bits per heavy atom. The summed E-state index contributed by atoms with van der Waals surface area (Å²) in [5, 5.41) is 12.0. The van der Waals surface area contributed by atoms with Crippen LogP contribution in [-0.4, -0.2) is 32.6 Å². The van der Waals surface area contributed by atoms with Gasteiger partial charge in [0.25, 0.3) is 0 Å². The van der Waals surface area contributed by atoms with E-state index >= 15 is 0 Å². The Labute approximate surface area is 115 Å². The van der Waals surface area contributed by atoms with Gasteiger partial charge < -0.3 is 15.0 Å². The van der Waals surface area contributed by atoms with Crippen LogP contribution in [0.3, 0.4) is 0 Å². The Morgan fingerprint density at radius 3 is 3.00 bits per heavy atom. The predicted octanol–water partition coefficient (Wildman–Crippen LogP) is 1.32. The summed E-state index contributed by atoms with van der Waals surface area (Å²) in [5.41, 5.74) is 1.81. The van der Waals surface area contributed by atoms with Gasteiger partial charge in [-0.15, -0.1) is 0 Å². The lowest BCUT2D eigenvalue weighted by molar-refractivity contribution is -0.119. The first-order chi connectivity index (χ1) is 9.54. The second-order valence-corrected chi connectivity index (χ2v) is 5.08. The number of imidazole rings is 1. The molecule has 6 heteroatoms. The fraction of sp³-hybridized carbons (Fsp3) is 0.357. The van der Waals surface area contributed by atoms with Crippen LogP contribution >= 0.6 is 0 Å². The smallest absolute Gasteiger partial charge is 0.335 e. The zero-order chi connectivity index (χ0) is 14.3. The molecular formula is C14H15N3O3. The predicted molar refractivity (Wildman–Crippen MR) is 72.6 cm³/mol. The van der Waals surface area contributed by atoms with Gasteiger partial charge in [0.05, 0.1) is 16.6 Å². The minimum atomic E-state index is -0.952. The van der Waals surface area contributed by atoms with E-state index in [2.05, 4.69) is 10.3 Å². The van der Waals surface area contributed by atoms with Crippen molar-refractivity contribution < 1.29 is 14.7 Å². The SMILES string of the molecule is Cc1nc2ccc(C(=O)O)cc2n1CC1CCC(=O)N1. The summed E-state index contributed by atoms with van der Waals surface area (Å²) in [6, 6.07) is 5.00. The van der Waals surface area contributed by atoms with Gasteiger partial charge in [-0.1, -0.05) is 0 Å². The summed E-state index contributed by atoms with van der Waals surface area (Å²) in [7, 11) is 0. The number of aromatic carboxylic acids is 1. The van der Waals surface area contributed by atoms with Crippen molar-refractivity contribution in [3.8, 4) is 0 Å². The minimum Gasteiger partial charge on any atom is -0.478 e. The molecule has 2 aromatic rings. The lowest BCUT2D eigenvalue weighted by Crippen LogP contribution is -2.29. The van der Waals surface area contributed by atoms with Crippen molar-refractivity contribution in [2.75, 3.05) is 0 Å². The van der Waals surface area contributed by atoms with E-state index in [1.165, 1.54) is 0 Å². The first-order valence-corrected chi connectivity index (χ1v) is 6.54. The van der Waals surface area contributed by atoms with Gasteiger partial charge in [0.2, 0.25) is 5.91 Å². The Kier molecular flexibility index (Phi) is 2.93. The number of fused-ring (bicyclic) bond motifs is 1. The highest BCUT2D eigenvalue weighted by Gasteiger charge is 2.22. The maximum Gasteiger partial charge on any atom is 0.335 e. The largest absolute Gasteiger partial charge is 0.478 e. The molecule has 1 aromatic carbocycles. The van der Waals surface area contributed by atoms with Crippen molar-refractivity contribution in [1.29, 1.82) is 0 Å². The molecule has 1 aliphatic rings. The number of carboxylic acids is 1. The lowest BCUT2D eigenvalue weighted by atomic mass is 10.2. The summed E-state index contributed by atoms with van der Waals surface area (Å²) in [4.78, 5) is 26.8. The first-order valence-electron chi connectivity index (χ1n) is 6.54. The third-order valence-corrected chi connectivity index (χ3v) is 3.67. The zero-order valence-corrected chi connectivity index (χ0v) is 11.1. The number of rotatable bonds is 3. The van der Waals surface area contributed by atoms with Crippen molar-refractivity contribution >= 4 is 22.9 Å². The number of hydrogen-bond donors (Lipinski definition) is 2. The van der Waals surface area contributed by atoms with E-state index in [0.29, 0.717) is 13.0 Å². The fourth-order valence-corrected chi connectivity index (χ4v) is 2.64. The Hall–Kier alpha value is -2.37. The standard InChI is InChI=1S/C14H15N3O3/c1-8-15-11-4-2-9(14(19)20)6-12(11)17(8)7-10-3-5-13(18)16-10/h2,4,6,10H,3,5,7H2,1H3,(H,16,18)(H,19,20). The number of aromatic nitrogens is 2. The van der Waals surface area contributed by atoms with Crippen LogP contribution in [0.25, 0.3) is 11.0 Å². The van der Waals surface area contributed by atoms with Crippen molar-refractivity contribution in [1.82, 2.24) is 14.9 Å². The highest BCUT2D eigenvalue weighted by molar-refractivity contribution is 5.92. The Balaban J connectivity index is 2.00. The number of carboxylic acid groups (broad SMARTS) is 1. The molecule has 2 N–H and O–H groups in total. The number of amides is 1. The molecule has 3 rings (SSSR count). The number of nitrogens with one attached hydrogen (secondary N) is 1. The number of carbonyl (C=O) groups is 2. The molecule has 0 aliphatic carbocycles. The normalized spacial score (nSPS) is 18.4. The van der Waals surface area contributed by atoms with Gasteiger partial charge in [-0.2, -0.15) is 0 Å². The van der Waals surface area contributed by atoms with Gasteiger partial charge in [0.1, 0.15) is 5.82 Å². The summed E-state index contributed by atoms with van der Waals surface area (Å²) >= 11 is 0. The molecular weight excluding hydrogens is 258 g/mol. The third-order valence-electron chi connectivity index (χ3n) is 3.67. The molecule has 0 saturated carbocycles. The molecule has 1 aliphatic heterocycles. The number of carbonyl (C=O) groups excluding carboxylic acids is 1. The number of benzene rings is 1. The van der Waals surface area contributed by atoms with Crippen LogP contribution in [0.5, 0.6) is 0 Å². The van der Waals surface area contributed by atoms with E-state index in [9.17, 15) is 9.59 Å². The van der Waals surface area contributed by atoms with Crippen LogP contribution in [0, 0.1) is 6.92 Å². The van der Waals surface area contributed by atoms with E-state index < -0.39 is 5.97 Å². The van der Waals surface area contributed by atoms with Crippen LogP contribution in [0.15, 0.2) is 18.2 Å². The molecule has 20 heavy (non-hydrogen) atoms. The summed E-state index contributed by atoms with van der Waals surface area (Å²) in [6.45, 7) is 2.51. The van der Waals surface area contributed by atoms with Gasteiger partial charge in [0.15, 0.2) is 0 Å². The third kappa shape index (κ3) is 2.13. The fourth-order valence-electron chi connectivity index (χ4n) is 2.64. The lowest BCUT2D eigenvalue weighted by Gasteiger charge is -2.13. The van der Waals surface area contributed by atoms with E-state index in [1.807, 2.05) is 11.5 Å². The molecule has 1 atom stereocenters. The maximum absolute atomic E-state index is 11.3. The van der Waals surface area contributed by atoms with Crippen molar-refractivity contribution in [2.45, 2.75) is 32.4 Å². The quantitative estimate of drug-likeness (QED) is 0.883. The Morgan fingerprint density at radius 2 is 2.35 bits per heavy atom.